The number of ether oxygens (including phenoxy) is 4. The minimum absolute atomic E-state index is 0. The van der Waals surface area contributed by atoms with Gasteiger partial charge >= 0.3 is 0 Å². The van der Waals surface area contributed by atoms with Gasteiger partial charge in [0, 0.05) is 12.1 Å². The predicted octanol–water partition coefficient (Wildman–Crippen LogP) is 15.3. The maximum Gasteiger partial charge on any atom is 0.126 e. The van der Waals surface area contributed by atoms with E-state index in [0.29, 0.717) is 6.54 Å². The van der Waals surface area contributed by atoms with E-state index in [1.54, 1.807) is 28.4 Å². The van der Waals surface area contributed by atoms with Crippen molar-refractivity contribution >= 4 is 0 Å². The van der Waals surface area contributed by atoms with Crippen molar-refractivity contribution in [3.63, 3.8) is 0 Å². The molecule has 0 heterocycles. The highest BCUT2D eigenvalue weighted by molar-refractivity contribution is 5.83. The van der Waals surface area contributed by atoms with Crippen LogP contribution in [0.1, 0.15) is 145 Å². The smallest absolute Gasteiger partial charge is 0.126 e. The Morgan fingerprint density at radius 2 is 0.439 bits per heavy atom. The van der Waals surface area contributed by atoms with E-state index in [0.717, 1.165) is 28.6 Å². The molecule has 57 heavy (non-hydrogen) atoms. The van der Waals surface area contributed by atoms with Crippen molar-refractivity contribution in [1.29, 1.82) is 0 Å². The highest BCUT2D eigenvalue weighted by atomic mass is 16.5. The Hall–Kier alpha value is -3.96. The normalized spacial score (nSPS) is 9.51. The molecule has 0 aliphatic carbocycles. The maximum atomic E-state index is 5.73. The molecule has 0 saturated carbocycles. The SMILES string of the molecule is C.C.C.C.C.C.COc1c(C)c(C)c(-c2c(C)c(C)c(OC)c(C)c2C)c(C)c1C.COc1c(C)c(C)c(C)c(C)c1C.COc1c(C)c(C)c(C)c(C)c1CN. The molecule has 0 saturated heterocycles. The van der Waals surface area contributed by atoms with E-state index < -0.39 is 0 Å². The molecule has 0 spiro atoms. The quantitative estimate of drug-likeness (QED) is 0.211. The van der Waals surface area contributed by atoms with Crippen molar-refractivity contribution in [2.45, 2.75) is 169 Å². The Morgan fingerprint density at radius 3 is 0.649 bits per heavy atom. The topological polar surface area (TPSA) is 62.9 Å². The summed E-state index contributed by atoms with van der Waals surface area (Å²) in [6.07, 6.45) is 0. The first-order valence-corrected chi connectivity index (χ1v) is 18.0. The highest BCUT2D eigenvalue weighted by Gasteiger charge is 2.23. The molecular formula is C52H91NO4. The van der Waals surface area contributed by atoms with Gasteiger partial charge in [-0.2, -0.15) is 0 Å². The molecule has 4 aromatic carbocycles. The molecular weight excluding hydrogens is 703 g/mol. The molecule has 5 heteroatoms. The fourth-order valence-corrected chi connectivity index (χ4v) is 7.57. The Bertz CT molecular complexity index is 1740. The van der Waals surface area contributed by atoms with Crippen molar-refractivity contribution in [1.82, 2.24) is 0 Å². The Balaban J connectivity index is -0.000000239. The van der Waals surface area contributed by atoms with E-state index in [9.17, 15) is 0 Å². The van der Waals surface area contributed by atoms with Crippen LogP contribution < -0.4 is 24.7 Å². The standard InChI is InChI=1S/C22H30O2.C12H19NO.C12H18O.6CH4/c1-11-15(5)21(23-9)16(6)12(2)19(11)20-13(3)17(7)22(24-10)18(8)14(20)4;1-7-8(2)10(4)12(14-5)11(6-13)9(7)3;1-7-8(2)10(4)12(13-6)11(5)9(7)3;;;;;;/h1-10H3;6,13H2,1-5H3;1-6H3;6*1H4. The van der Waals surface area contributed by atoms with Crippen LogP contribution in [0.3, 0.4) is 0 Å². The summed E-state index contributed by atoms with van der Waals surface area (Å²) >= 11 is 0. The Kier molecular flexibility index (Phi) is 27.7. The summed E-state index contributed by atoms with van der Waals surface area (Å²) in [5.74, 6) is 4.01. The molecule has 328 valence electrons. The van der Waals surface area contributed by atoms with Gasteiger partial charge in [-0.15, -0.1) is 0 Å². The predicted molar refractivity (Wildman–Crippen MR) is 260 cm³/mol. The average Bonchev–Trinajstić information content (AvgIpc) is 3.11. The summed E-state index contributed by atoms with van der Waals surface area (Å²) in [5, 5.41) is 0. The van der Waals surface area contributed by atoms with Gasteiger partial charge in [0.15, 0.2) is 0 Å². The van der Waals surface area contributed by atoms with Crippen LogP contribution in [0.15, 0.2) is 0 Å². The molecule has 0 fully saturated rings. The van der Waals surface area contributed by atoms with Crippen molar-refractivity contribution < 1.29 is 18.9 Å². The van der Waals surface area contributed by atoms with Crippen molar-refractivity contribution in [2.24, 2.45) is 5.73 Å². The zero-order chi connectivity index (χ0) is 39.4. The lowest BCUT2D eigenvalue weighted by Gasteiger charge is -2.25. The zero-order valence-corrected chi connectivity index (χ0v) is 35.9. The number of hydrogen-bond donors (Lipinski definition) is 1. The van der Waals surface area contributed by atoms with Crippen LogP contribution in [0.25, 0.3) is 11.1 Å². The Labute approximate surface area is 355 Å². The molecule has 5 nitrogen and oxygen atoms in total. The molecule has 4 aromatic rings. The van der Waals surface area contributed by atoms with E-state index in [2.05, 4.69) is 118 Å². The van der Waals surface area contributed by atoms with Gasteiger partial charge < -0.3 is 24.7 Å². The number of benzene rings is 4. The summed E-state index contributed by atoms with van der Waals surface area (Å²) in [6.45, 7) is 37.1. The van der Waals surface area contributed by atoms with Crippen LogP contribution in [0.2, 0.25) is 0 Å². The fourth-order valence-electron chi connectivity index (χ4n) is 7.57. The summed E-state index contributed by atoms with van der Waals surface area (Å²) in [4.78, 5) is 0. The lowest BCUT2D eigenvalue weighted by atomic mass is 9.82. The first-order chi connectivity index (χ1) is 23.7. The number of rotatable bonds is 6. The van der Waals surface area contributed by atoms with Gasteiger partial charge in [0.1, 0.15) is 23.0 Å². The summed E-state index contributed by atoms with van der Waals surface area (Å²) in [5.41, 5.74) is 31.3. The van der Waals surface area contributed by atoms with Gasteiger partial charge in [-0.25, -0.2) is 0 Å². The van der Waals surface area contributed by atoms with E-state index >= 15 is 0 Å². The second-order valence-electron chi connectivity index (χ2n) is 14.2. The van der Waals surface area contributed by atoms with Gasteiger partial charge in [0.05, 0.1) is 28.4 Å². The van der Waals surface area contributed by atoms with Crippen LogP contribution in [0.4, 0.5) is 0 Å². The van der Waals surface area contributed by atoms with Crippen LogP contribution in [-0.2, 0) is 6.54 Å². The van der Waals surface area contributed by atoms with Crippen LogP contribution in [0.5, 0.6) is 23.0 Å². The largest absolute Gasteiger partial charge is 0.496 e. The first-order valence-electron chi connectivity index (χ1n) is 18.0. The van der Waals surface area contributed by atoms with Crippen LogP contribution in [0, 0.1) is 118 Å². The molecule has 0 aromatic heterocycles. The third-order valence-electron chi connectivity index (χ3n) is 12.1. The first kappa shape index (κ1) is 62.2. The molecule has 0 aliphatic heterocycles. The van der Waals surface area contributed by atoms with E-state index in [-0.39, 0.29) is 44.6 Å². The minimum atomic E-state index is 0. The third kappa shape index (κ3) is 11.6. The molecule has 2 N–H and O–H groups in total. The van der Waals surface area contributed by atoms with Crippen molar-refractivity contribution in [2.75, 3.05) is 28.4 Å². The number of hydrogen-bond acceptors (Lipinski definition) is 5. The fraction of sp³-hybridized carbons (Fsp3) is 0.538. The van der Waals surface area contributed by atoms with Crippen LogP contribution in [-0.4, -0.2) is 28.4 Å². The maximum absolute atomic E-state index is 5.73. The van der Waals surface area contributed by atoms with Crippen LogP contribution >= 0.6 is 0 Å². The molecule has 4 rings (SSSR count). The van der Waals surface area contributed by atoms with Crippen molar-refractivity contribution in [3.05, 3.63) is 100 Å². The molecule has 0 radical (unpaired) electrons. The number of methoxy groups -OCH3 is 4. The van der Waals surface area contributed by atoms with E-state index in [1.807, 2.05) is 0 Å². The summed E-state index contributed by atoms with van der Waals surface area (Å²) in [7, 11) is 6.96. The average molecular weight is 794 g/mol. The second-order valence-corrected chi connectivity index (χ2v) is 14.2. The molecule has 0 unspecified atom stereocenters. The summed E-state index contributed by atoms with van der Waals surface area (Å²) < 4.78 is 22.1. The van der Waals surface area contributed by atoms with Gasteiger partial charge in [-0.3, -0.25) is 0 Å². The summed E-state index contributed by atoms with van der Waals surface area (Å²) in [6, 6.07) is 0. The molecule has 0 aliphatic rings. The number of nitrogens with two attached hydrogens (primary N) is 1. The van der Waals surface area contributed by atoms with Gasteiger partial charge in [-0.05, 0) is 223 Å². The van der Waals surface area contributed by atoms with E-state index in [4.69, 9.17) is 24.7 Å². The van der Waals surface area contributed by atoms with Crippen molar-refractivity contribution in [3.8, 4) is 34.1 Å². The lowest BCUT2D eigenvalue weighted by molar-refractivity contribution is 0.405. The zero-order valence-electron chi connectivity index (χ0n) is 35.9. The highest BCUT2D eigenvalue weighted by Crippen LogP contribution is 2.44. The molecule has 0 atom stereocenters. The molecule has 0 bridgehead atoms. The monoisotopic (exact) mass is 794 g/mol. The van der Waals surface area contributed by atoms with Gasteiger partial charge in [0.25, 0.3) is 0 Å². The van der Waals surface area contributed by atoms with E-state index in [1.165, 1.54) is 106 Å². The second kappa shape index (κ2) is 25.4. The minimum Gasteiger partial charge on any atom is -0.496 e. The lowest BCUT2D eigenvalue weighted by Crippen LogP contribution is -2.07. The van der Waals surface area contributed by atoms with Gasteiger partial charge in [-0.1, -0.05) is 44.6 Å². The van der Waals surface area contributed by atoms with Gasteiger partial charge in [0.2, 0.25) is 0 Å². The third-order valence-corrected chi connectivity index (χ3v) is 12.1. The Morgan fingerprint density at radius 1 is 0.263 bits per heavy atom. The molecule has 0 amide bonds.